The Bertz CT molecular complexity index is 1020. The molecule has 1 heterocycles. The molecule has 33 heavy (non-hydrogen) atoms. The SMILES string of the molecule is COC(=O)[C@H]1[C@@H](NC(=O)OCC2c3ccccc3-c3ccccc32)CC(C)(C)N([O])C1(C)C. The molecule has 1 N–H and O–H groups in total. The number of alkyl carbamates (subject to hydrolysis) is 1. The smallest absolute Gasteiger partial charge is 0.407 e. The second-order valence-corrected chi connectivity index (χ2v) is 10.0. The molecule has 2 aromatic rings. The molecule has 2 atom stereocenters. The van der Waals surface area contributed by atoms with Crippen LogP contribution in [0.3, 0.4) is 0 Å². The van der Waals surface area contributed by atoms with Crippen molar-refractivity contribution in [3.05, 3.63) is 59.7 Å². The van der Waals surface area contributed by atoms with Crippen LogP contribution in [0.15, 0.2) is 48.5 Å². The van der Waals surface area contributed by atoms with Crippen molar-refractivity contribution >= 4 is 12.1 Å². The predicted molar refractivity (Wildman–Crippen MR) is 123 cm³/mol. The molecule has 0 spiro atoms. The fourth-order valence-electron chi connectivity index (χ4n) is 5.64. The molecule has 1 amide bonds. The highest BCUT2D eigenvalue weighted by atomic mass is 16.6. The van der Waals surface area contributed by atoms with Crippen LogP contribution >= 0.6 is 0 Å². The van der Waals surface area contributed by atoms with Crippen LogP contribution in [0.2, 0.25) is 0 Å². The quantitative estimate of drug-likeness (QED) is 0.701. The molecule has 2 aliphatic rings. The number of hydroxylamine groups is 2. The van der Waals surface area contributed by atoms with E-state index in [0.29, 0.717) is 6.42 Å². The molecule has 0 unspecified atom stereocenters. The van der Waals surface area contributed by atoms with Gasteiger partial charge in [0.25, 0.3) is 0 Å². The van der Waals surface area contributed by atoms with E-state index in [2.05, 4.69) is 29.6 Å². The van der Waals surface area contributed by atoms with E-state index in [-0.39, 0.29) is 12.5 Å². The normalized spacial score (nSPS) is 23.3. The number of ether oxygens (including phenoxy) is 2. The summed E-state index contributed by atoms with van der Waals surface area (Å²) >= 11 is 0. The van der Waals surface area contributed by atoms with Gasteiger partial charge in [-0.1, -0.05) is 48.5 Å². The minimum absolute atomic E-state index is 0.0593. The number of hydrogen-bond acceptors (Lipinski definition) is 5. The lowest BCUT2D eigenvalue weighted by Crippen LogP contribution is -2.69. The van der Waals surface area contributed by atoms with Crippen molar-refractivity contribution in [3.63, 3.8) is 0 Å². The summed E-state index contributed by atoms with van der Waals surface area (Å²) in [5.74, 6) is -1.41. The molecule has 2 aromatic carbocycles. The van der Waals surface area contributed by atoms with Gasteiger partial charge in [-0.25, -0.2) is 4.79 Å². The Balaban J connectivity index is 1.51. The Hall–Kier alpha value is -2.90. The zero-order valence-corrected chi connectivity index (χ0v) is 19.8. The summed E-state index contributed by atoms with van der Waals surface area (Å²) in [5.41, 5.74) is 2.73. The average molecular weight is 452 g/mol. The molecule has 175 valence electrons. The molecule has 7 heteroatoms. The van der Waals surface area contributed by atoms with Gasteiger partial charge in [-0.3, -0.25) is 4.79 Å². The number of methoxy groups -OCH3 is 1. The molecular formula is C26H31N2O5. The molecule has 1 fully saturated rings. The van der Waals surface area contributed by atoms with Crippen LogP contribution in [0.5, 0.6) is 0 Å². The van der Waals surface area contributed by atoms with Gasteiger partial charge in [0, 0.05) is 17.5 Å². The molecule has 0 aromatic heterocycles. The number of hydrogen-bond donors (Lipinski definition) is 1. The highest BCUT2D eigenvalue weighted by Gasteiger charge is 2.56. The largest absolute Gasteiger partial charge is 0.469 e. The van der Waals surface area contributed by atoms with Crippen molar-refractivity contribution in [2.45, 2.75) is 57.2 Å². The topological polar surface area (TPSA) is 87.8 Å². The van der Waals surface area contributed by atoms with Crippen molar-refractivity contribution in [3.8, 4) is 11.1 Å². The Morgan fingerprint density at radius 2 is 1.55 bits per heavy atom. The summed E-state index contributed by atoms with van der Waals surface area (Å²) < 4.78 is 10.6. The van der Waals surface area contributed by atoms with Crippen molar-refractivity contribution in [2.24, 2.45) is 5.92 Å². The van der Waals surface area contributed by atoms with Crippen LogP contribution < -0.4 is 5.32 Å². The van der Waals surface area contributed by atoms with Gasteiger partial charge in [0.1, 0.15) is 6.61 Å². The lowest BCUT2D eigenvalue weighted by Gasteiger charge is -2.53. The number of carbonyl (C=O) groups excluding carboxylic acids is 2. The minimum atomic E-state index is -1.06. The summed E-state index contributed by atoms with van der Waals surface area (Å²) in [6.07, 6.45) is -0.314. The zero-order chi connectivity index (χ0) is 24.0. The van der Waals surface area contributed by atoms with Crippen LogP contribution in [-0.2, 0) is 19.5 Å². The third kappa shape index (κ3) is 4.00. The lowest BCUT2D eigenvalue weighted by molar-refractivity contribution is -0.303. The van der Waals surface area contributed by atoms with Crippen molar-refractivity contribution < 1.29 is 24.3 Å². The molecular weight excluding hydrogens is 420 g/mol. The molecule has 1 radical (unpaired) electrons. The van der Waals surface area contributed by atoms with E-state index in [1.165, 1.54) is 7.11 Å². The Kier molecular flexibility index (Phi) is 5.97. The van der Waals surface area contributed by atoms with Gasteiger partial charge in [0.15, 0.2) is 0 Å². The number of amides is 1. The van der Waals surface area contributed by atoms with E-state index in [9.17, 15) is 14.8 Å². The van der Waals surface area contributed by atoms with Crippen molar-refractivity contribution in [1.29, 1.82) is 0 Å². The van der Waals surface area contributed by atoms with Gasteiger partial charge in [-0.05, 0) is 56.4 Å². The van der Waals surface area contributed by atoms with Crippen LogP contribution in [0, 0.1) is 5.92 Å². The summed E-state index contributed by atoms with van der Waals surface area (Å²) in [6.45, 7) is 7.20. The monoisotopic (exact) mass is 451 g/mol. The number of fused-ring (bicyclic) bond motifs is 3. The van der Waals surface area contributed by atoms with Crippen molar-refractivity contribution in [1.82, 2.24) is 10.4 Å². The number of rotatable bonds is 4. The van der Waals surface area contributed by atoms with E-state index in [1.54, 1.807) is 13.8 Å². The second kappa shape index (κ2) is 8.47. The third-order valence-corrected chi connectivity index (χ3v) is 7.06. The first-order valence-corrected chi connectivity index (χ1v) is 11.2. The van der Waals surface area contributed by atoms with Crippen LogP contribution in [0.4, 0.5) is 4.79 Å². The minimum Gasteiger partial charge on any atom is -0.469 e. The van der Waals surface area contributed by atoms with E-state index in [4.69, 9.17) is 9.47 Å². The Morgan fingerprint density at radius 3 is 2.09 bits per heavy atom. The Labute approximate surface area is 194 Å². The maximum Gasteiger partial charge on any atom is 0.407 e. The van der Waals surface area contributed by atoms with Crippen molar-refractivity contribution in [2.75, 3.05) is 13.7 Å². The van der Waals surface area contributed by atoms with Gasteiger partial charge in [0.05, 0.1) is 18.6 Å². The van der Waals surface area contributed by atoms with Crippen LogP contribution in [-0.4, -0.2) is 48.0 Å². The lowest BCUT2D eigenvalue weighted by atomic mass is 9.71. The highest BCUT2D eigenvalue weighted by Crippen LogP contribution is 2.45. The first kappa shape index (κ1) is 23.3. The van der Waals surface area contributed by atoms with Crippen LogP contribution in [0.25, 0.3) is 11.1 Å². The van der Waals surface area contributed by atoms with E-state index >= 15 is 0 Å². The summed E-state index contributed by atoms with van der Waals surface area (Å²) in [6, 6.07) is 15.7. The predicted octanol–water partition coefficient (Wildman–Crippen LogP) is 4.29. The van der Waals surface area contributed by atoms with Crippen LogP contribution in [0.1, 0.15) is 51.2 Å². The molecule has 0 bridgehead atoms. The summed E-state index contributed by atoms with van der Waals surface area (Å²) in [7, 11) is 1.29. The fourth-order valence-corrected chi connectivity index (χ4v) is 5.64. The maximum absolute atomic E-state index is 12.9. The highest BCUT2D eigenvalue weighted by molar-refractivity contribution is 5.79. The molecule has 0 saturated carbocycles. The molecule has 4 rings (SSSR count). The van der Waals surface area contributed by atoms with Gasteiger partial charge in [-0.15, -0.1) is 10.3 Å². The van der Waals surface area contributed by atoms with Gasteiger partial charge in [0.2, 0.25) is 0 Å². The average Bonchev–Trinajstić information content (AvgIpc) is 3.09. The first-order valence-electron chi connectivity index (χ1n) is 11.2. The van der Waals surface area contributed by atoms with E-state index < -0.39 is 35.1 Å². The molecule has 7 nitrogen and oxygen atoms in total. The van der Waals surface area contributed by atoms with Gasteiger partial charge < -0.3 is 14.8 Å². The number of carbonyl (C=O) groups is 2. The first-order chi connectivity index (χ1) is 15.6. The van der Waals surface area contributed by atoms with E-state index in [1.807, 2.05) is 38.1 Å². The number of nitrogens with zero attached hydrogens (tertiary/aromatic N) is 1. The molecule has 1 aliphatic carbocycles. The third-order valence-electron chi connectivity index (χ3n) is 7.06. The number of piperidine rings is 1. The maximum atomic E-state index is 12.9. The van der Waals surface area contributed by atoms with Gasteiger partial charge in [-0.2, -0.15) is 0 Å². The fraction of sp³-hybridized carbons (Fsp3) is 0.462. The summed E-state index contributed by atoms with van der Waals surface area (Å²) in [4.78, 5) is 25.5. The number of benzene rings is 2. The zero-order valence-electron chi connectivity index (χ0n) is 19.8. The standard InChI is InChI=1S/C26H31N2O5/c1-25(2)14-21(22(23(29)32-5)26(3,4)28(25)31)27-24(30)33-15-20-18-12-8-6-10-16(18)17-11-7-9-13-19(17)20/h6-13,20-22H,14-15H2,1-5H3,(H,27,30)/t21-,22+/m0/s1. The molecule has 1 aliphatic heterocycles. The summed E-state index contributed by atoms with van der Waals surface area (Å²) in [5, 5.41) is 16.7. The second-order valence-electron chi connectivity index (χ2n) is 10.0. The Morgan fingerprint density at radius 1 is 1.00 bits per heavy atom. The molecule has 1 saturated heterocycles. The number of esters is 1. The number of nitrogens with one attached hydrogen (secondary N) is 1. The van der Waals surface area contributed by atoms with E-state index in [0.717, 1.165) is 27.3 Å². The van der Waals surface area contributed by atoms with Gasteiger partial charge >= 0.3 is 12.1 Å².